The number of ether oxygens (including phenoxy) is 1. The standard InChI is InChI=1S/C21H17F4N3O3S/c1-4-6-26-18-13(24)8-14(25)19(27-18)28-15-9-12(23)11(22)7-10(15)17(29)16(20(28)32-3)21(30)31-5-2/h4,7-9H,1,5-6H2,2-3H3,(H,26,27). The van der Waals surface area contributed by atoms with Crippen LogP contribution in [0.1, 0.15) is 17.3 Å². The molecule has 0 saturated carbocycles. The number of fused-ring (bicyclic) bond motifs is 1. The highest BCUT2D eigenvalue weighted by molar-refractivity contribution is 7.98. The van der Waals surface area contributed by atoms with E-state index in [-0.39, 0.29) is 29.5 Å². The van der Waals surface area contributed by atoms with E-state index >= 15 is 0 Å². The van der Waals surface area contributed by atoms with Crippen LogP contribution in [-0.4, -0.2) is 34.9 Å². The Bertz CT molecular complexity index is 1290. The molecular weight excluding hydrogens is 450 g/mol. The van der Waals surface area contributed by atoms with Crippen molar-refractivity contribution < 1.29 is 27.1 Å². The monoisotopic (exact) mass is 467 g/mol. The minimum Gasteiger partial charge on any atom is -0.462 e. The Morgan fingerprint density at radius 1 is 1.19 bits per heavy atom. The van der Waals surface area contributed by atoms with Crippen molar-refractivity contribution in [3.05, 3.63) is 69.9 Å². The number of pyridine rings is 2. The molecule has 1 aromatic carbocycles. The number of halogens is 4. The Morgan fingerprint density at radius 3 is 2.50 bits per heavy atom. The first-order valence-electron chi connectivity index (χ1n) is 9.25. The number of esters is 1. The second-order valence-corrected chi connectivity index (χ2v) is 7.14. The number of hydrogen-bond donors (Lipinski definition) is 1. The van der Waals surface area contributed by atoms with Crippen LogP contribution in [-0.2, 0) is 4.74 Å². The Kier molecular flexibility index (Phi) is 6.87. The van der Waals surface area contributed by atoms with Crippen molar-refractivity contribution in [2.24, 2.45) is 0 Å². The molecule has 0 bridgehead atoms. The molecule has 0 aliphatic heterocycles. The summed E-state index contributed by atoms with van der Waals surface area (Å²) in [6.07, 6.45) is 2.90. The predicted octanol–water partition coefficient (Wildman–Crippen LogP) is 4.44. The first kappa shape index (κ1) is 23.3. The topological polar surface area (TPSA) is 73.2 Å². The highest BCUT2D eigenvalue weighted by Crippen LogP contribution is 2.31. The summed E-state index contributed by atoms with van der Waals surface area (Å²) < 4.78 is 63.1. The van der Waals surface area contributed by atoms with Gasteiger partial charge in [0.25, 0.3) is 0 Å². The van der Waals surface area contributed by atoms with Crippen molar-refractivity contribution in [2.45, 2.75) is 11.9 Å². The summed E-state index contributed by atoms with van der Waals surface area (Å²) in [7, 11) is 0. The number of rotatable bonds is 7. The van der Waals surface area contributed by atoms with Gasteiger partial charge in [0, 0.05) is 18.7 Å². The molecule has 1 N–H and O–H groups in total. The third-order valence-corrected chi connectivity index (χ3v) is 5.15. The molecular formula is C21H17F4N3O3S. The van der Waals surface area contributed by atoms with E-state index in [1.165, 1.54) is 19.3 Å². The van der Waals surface area contributed by atoms with E-state index in [0.717, 1.165) is 16.3 Å². The van der Waals surface area contributed by atoms with E-state index in [0.29, 0.717) is 18.2 Å². The highest BCUT2D eigenvalue weighted by Gasteiger charge is 2.27. The maximum atomic E-state index is 14.9. The Labute approximate surface area is 183 Å². The number of aromatic nitrogens is 2. The van der Waals surface area contributed by atoms with Gasteiger partial charge >= 0.3 is 5.97 Å². The van der Waals surface area contributed by atoms with Gasteiger partial charge in [0.05, 0.1) is 22.5 Å². The molecule has 2 heterocycles. The lowest BCUT2D eigenvalue weighted by atomic mass is 10.1. The zero-order chi connectivity index (χ0) is 23.6. The summed E-state index contributed by atoms with van der Waals surface area (Å²) in [5.41, 5.74) is -1.70. The van der Waals surface area contributed by atoms with Crippen LogP contribution in [0.15, 0.2) is 40.7 Å². The van der Waals surface area contributed by atoms with Crippen LogP contribution >= 0.6 is 11.8 Å². The summed E-state index contributed by atoms with van der Waals surface area (Å²) in [6, 6.07) is 1.84. The van der Waals surface area contributed by atoms with Crippen molar-refractivity contribution in [3.8, 4) is 5.82 Å². The van der Waals surface area contributed by atoms with Gasteiger partial charge in [0.2, 0.25) is 5.43 Å². The van der Waals surface area contributed by atoms with E-state index < -0.39 is 51.4 Å². The third kappa shape index (κ3) is 4.07. The van der Waals surface area contributed by atoms with Crippen molar-refractivity contribution >= 4 is 34.5 Å². The Hall–Kier alpha value is -3.34. The molecule has 0 spiro atoms. The predicted molar refractivity (Wildman–Crippen MR) is 114 cm³/mol. The molecule has 0 atom stereocenters. The number of benzene rings is 1. The lowest BCUT2D eigenvalue weighted by Gasteiger charge is -2.19. The molecule has 0 aliphatic carbocycles. The van der Waals surface area contributed by atoms with Crippen molar-refractivity contribution in [1.82, 2.24) is 9.55 Å². The molecule has 0 aliphatic rings. The second kappa shape index (κ2) is 9.43. The van der Waals surface area contributed by atoms with Gasteiger partial charge < -0.3 is 10.1 Å². The zero-order valence-corrected chi connectivity index (χ0v) is 17.8. The molecule has 11 heteroatoms. The van der Waals surface area contributed by atoms with Crippen LogP contribution in [0.4, 0.5) is 23.4 Å². The smallest absolute Gasteiger partial charge is 0.344 e. The van der Waals surface area contributed by atoms with Gasteiger partial charge in [0.1, 0.15) is 5.56 Å². The SMILES string of the molecule is C=CCNc1nc(-n2c(SC)c(C(=O)OCC)c(=O)c3cc(F)c(F)cc32)c(F)cc1F. The molecule has 3 aromatic rings. The third-order valence-electron chi connectivity index (χ3n) is 4.38. The maximum absolute atomic E-state index is 14.9. The summed E-state index contributed by atoms with van der Waals surface area (Å²) >= 11 is 0.856. The molecule has 0 unspecified atom stereocenters. The Balaban J connectivity index is 2.51. The minimum absolute atomic E-state index is 0.0688. The number of nitrogens with zero attached hydrogens (tertiary/aromatic N) is 2. The summed E-state index contributed by atoms with van der Waals surface area (Å²) in [4.78, 5) is 29.5. The average molecular weight is 467 g/mol. The van der Waals surface area contributed by atoms with Crippen LogP contribution in [0.2, 0.25) is 0 Å². The molecule has 168 valence electrons. The molecule has 0 fully saturated rings. The van der Waals surface area contributed by atoms with Crippen molar-refractivity contribution in [2.75, 3.05) is 24.7 Å². The number of carbonyl (C=O) groups is 1. The van der Waals surface area contributed by atoms with Gasteiger partial charge in [-0.05, 0) is 19.2 Å². The molecule has 3 rings (SSSR count). The van der Waals surface area contributed by atoms with E-state index in [1.54, 1.807) is 0 Å². The van der Waals surface area contributed by atoms with E-state index in [4.69, 9.17) is 4.74 Å². The summed E-state index contributed by atoms with van der Waals surface area (Å²) in [5.74, 6) is -6.74. The van der Waals surface area contributed by atoms with Crippen LogP contribution in [0.3, 0.4) is 0 Å². The number of nitrogens with one attached hydrogen (secondary N) is 1. The first-order chi connectivity index (χ1) is 15.2. The largest absolute Gasteiger partial charge is 0.462 e. The van der Waals surface area contributed by atoms with E-state index in [9.17, 15) is 27.2 Å². The van der Waals surface area contributed by atoms with Crippen LogP contribution in [0, 0.1) is 23.3 Å². The number of anilines is 1. The molecule has 0 radical (unpaired) electrons. The van der Waals surface area contributed by atoms with Gasteiger partial charge in [-0.2, -0.15) is 0 Å². The van der Waals surface area contributed by atoms with Gasteiger partial charge in [-0.3, -0.25) is 9.36 Å². The average Bonchev–Trinajstić information content (AvgIpc) is 2.75. The van der Waals surface area contributed by atoms with Gasteiger partial charge in [0.15, 0.2) is 34.9 Å². The second-order valence-electron chi connectivity index (χ2n) is 6.35. The number of hydrogen-bond acceptors (Lipinski definition) is 6. The molecule has 0 amide bonds. The van der Waals surface area contributed by atoms with E-state index in [2.05, 4.69) is 16.9 Å². The minimum atomic E-state index is -1.34. The van der Waals surface area contributed by atoms with Crippen LogP contribution in [0.25, 0.3) is 16.7 Å². The van der Waals surface area contributed by atoms with Crippen LogP contribution < -0.4 is 10.7 Å². The quantitative estimate of drug-likeness (QED) is 0.240. The van der Waals surface area contributed by atoms with Gasteiger partial charge in [-0.1, -0.05) is 6.08 Å². The Morgan fingerprint density at radius 2 is 1.88 bits per heavy atom. The fourth-order valence-corrected chi connectivity index (χ4v) is 3.80. The zero-order valence-electron chi connectivity index (χ0n) is 17.0. The molecule has 32 heavy (non-hydrogen) atoms. The first-order valence-corrected chi connectivity index (χ1v) is 10.5. The van der Waals surface area contributed by atoms with Crippen LogP contribution in [0.5, 0.6) is 0 Å². The van der Waals surface area contributed by atoms with Gasteiger partial charge in [-0.15, -0.1) is 18.3 Å². The van der Waals surface area contributed by atoms with E-state index in [1.807, 2.05) is 0 Å². The lowest BCUT2D eigenvalue weighted by molar-refractivity contribution is 0.0519. The highest BCUT2D eigenvalue weighted by atomic mass is 32.2. The fourth-order valence-electron chi connectivity index (χ4n) is 3.05. The number of carbonyl (C=O) groups excluding carboxylic acids is 1. The van der Waals surface area contributed by atoms with Gasteiger partial charge in [-0.25, -0.2) is 27.3 Å². The summed E-state index contributed by atoms with van der Waals surface area (Å²) in [6.45, 7) is 5.04. The summed E-state index contributed by atoms with van der Waals surface area (Å²) in [5, 5.41) is 2.05. The van der Waals surface area contributed by atoms with Crippen molar-refractivity contribution in [3.63, 3.8) is 0 Å². The lowest BCUT2D eigenvalue weighted by Crippen LogP contribution is -2.24. The maximum Gasteiger partial charge on any atom is 0.344 e. The number of thioether (sulfide) groups is 1. The van der Waals surface area contributed by atoms with Crippen molar-refractivity contribution in [1.29, 1.82) is 0 Å². The fraction of sp³-hybridized carbons (Fsp3) is 0.190. The molecule has 2 aromatic heterocycles. The molecule has 0 saturated heterocycles. The normalized spacial score (nSPS) is 10.9. The molecule has 6 nitrogen and oxygen atoms in total.